The number of aromatic amines is 1. The first kappa shape index (κ1) is 18.4. The molecular weight excluding hydrogens is 346 g/mol. The molecule has 8 heteroatoms. The Labute approximate surface area is 156 Å². The molecule has 1 aromatic carbocycles. The summed E-state index contributed by atoms with van der Waals surface area (Å²) in [4.78, 5) is 26.0. The monoisotopic (exact) mass is 367 g/mol. The molecule has 0 aliphatic heterocycles. The van der Waals surface area contributed by atoms with Gasteiger partial charge in [-0.1, -0.05) is 11.3 Å². The van der Waals surface area contributed by atoms with E-state index >= 15 is 0 Å². The number of nitrogens with one attached hydrogen (secondary N) is 2. The second-order valence-electron chi connectivity index (χ2n) is 6.34. The van der Waals surface area contributed by atoms with Gasteiger partial charge < -0.3 is 15.0 Å². The molecule has 2 heterocycles. The Hall–Kier alpha value is -3.42. The molecule has 0 atom stereocenters. The van der Waals surface area contributed by atoms with Crippen molar-refractivity contribution in [1.29, 1.82) is 0 Å². The van der Waals surface area contributed by atoms with Gasteiger partial charge in [0.05, 0.1) is 17.5 Å². The summed E-state index contributed by atoms with van der Waals surface area (Å²) in [5, 5.41) is 10.9. The molecule has 8 nitrogen and oxygen atoms in total. The Bertz CT molecular complexity index is 969. The van der Waals surface area contributed by atoms with E-state index in [0.29, 0.717) is 5.69 Å². The van der Waals surface area contributed by atoms with E-state index in [1.807, 2.05) is 38.1 Å². The number of H-pyrrole nitrogens is 1. The van der Waals surface area contributed by atoms with Gasteiger partial charge in [-0.2, -0.15) is 0 Å². The Morgan fingerprint density at radius 2 is 1.96 bits per heavy atom. The molecule has 0 bridgehead atoms. The van der Waals surface area contributed by atoms with E-state index in [0.717, 1.165) is 17.0 Å². The van der Waals surface area contributed by atoms with Gasteiger partial charge in [0.25, 0.3) is 5.91 Å². The Balaban J connectivity index is 1.71. The van der Waals surface area contributed by atoms with Crippen LogP contribution < -0.4 is 15.6 Å². The average molecular weight is 367 g/mol. The maximum atomic E-state index is 12.4. The predicted octanol–water partition coefficient (Wildman–Crippen LogP) is 1.98. The number of hydrogen-bond donors (Lipinski definition) is 2. The number of carbonyl (C=O) groups is 1. The minimum atomic E-state index is -0.329. The molecular formula is C19H21N5O3. The van der Waals surface area contributed by atoms with Crippen molar-refractivity contribution in [2.45, 2.75) is 33.4 Å². The lowest BCUT2D eigenvalue weighted by Crippen LogP contribution is -2.24. The Morgan fingerprint density at radius 3 is 2.59 bits per heavy atom. The smallest absolute Gasteiger partial charge is 0.274 e. The molecule has 2 aromatic heterocycles. The number of carbonyl (C=O) groups excluding carboxylic acids is 1. The summed E-state index contributed by atoms with van der Waals surface area (Å²) in [6.07, 6.45) is 1.66. The lowest BCUT2D eigenvalue weighted by Gasteiger charge is -2.10. The molecule has 0 saturated heterocycles. The topological polar surface area (TPSA) is 102 Å². The summed E-state index contributed by atoms with van der Waals surface area (Å²) in [6.45, 7) is 6.00. The van der Waals surface area contributed by atoms with Crippen LogP contribution in [-0.2, 0) is 6.54 Å². The van der Waals surface area contributed by atoms with Crippen molar-refractivity contribution < 1.29 is 9.53 Å². The average Bonchev–Trinajstić information content (AvgIpc) is 3.03. The highest BCUT2D eigenvalue weighted by Gasteiger charge is 2.17. The number of hydrogen-bond acceptors (Lipinski definition) is 5. The summed E-state index contributed by atoms with van der Waals surface area (Å²) >= 11 is 0. The van der Waals surface area contributed by atoms with Crippen molar-refractivity contribution >= 4 is 5.91 Å². The zero-order valence-electron chi connectivity index (χ0n) is 15.4. The van der Waals surface area contributed by atoms with E-state index in [2.05, 4.69) is 20.6 Å². The Morgan fingerprint density at radius 1 is 1.22 bits per heavy atom. The maximum absolute atomic E-state index is 12.4. The van der Waals surface area contributed by atoms with Crippen LogP contribution in [-0.4, -0.2) is 32.0 Å². The number of pyridine rings is 1. The van der Waals surface area contributed by atoms with Crippen LogP contribution in [0.1, 0.15) is 35.6 Å². The van der Waals surface area contributed by atoms with Gasteiger partial charge in [-0.05, 0) is 50.6 Å². The summed E-state index contributed by atoms with van der Waals surface area (Å²) in [5.41, 5.74) is 2.27. The zero-order chi connectivity index (χ0) is 19.4. The second kappa shape index (κ2) is 7.86. The van der Waals surface area contributed by atoms with Gasteiger partial charge in [0.1, 0.15) is 5.75 Å². The molecule has 140 valence electrons. The molecule has 1 amide bonds. The van der Waals surface area contributed by atoms with Gasteiger partial charge >= 0.3 is 0 Å². The summed E-state index contributed by atoms with van der Waals surface area (Å²) in [6, 6.07) is 10.5. The SMILES string of the molecule is Cc1c(C(=O)NCc2ccc(=O)[nH]c2)nnn1-c1ccc(OC(C)C)cc1. The van der Waals surface area contributed by atoms with Crippen LogP contribution in [0, 0.1) is 6.92 Å². The highest BCUT2D eigenvalue weighted by atomic mass is 16.5. The van der Waals surface area contributed by atoms with Crippen LogP contribution in [0.4, 0.5) is 0 Å². The number of aromatic nitrogens is 4. The summed E-state index contributed by atoms with van der Waals surface area (Å²) in [5.74, 6) is 0.440. The van der Waals surface area contributed by atoms with Gasteiger partial charge in [0.15, 0.2) is 5.69 Å². The van der Waals surface area contributed by atoms with Crippen LogP contribution >= 0.6 is 0 Å². The highest BCUT2D eigenvalue weighted by Crippen LogP contribution is 2.18. The first-order chi connectivity index (χ1) is 12.9. The predicted molar refractivity (Wildman–Crippen MR) is 100 cm³/mol. The largest absolute Gasteiger partial charge is 0.491 e. The quantitative estimate of drug-likeness (QED) is 0.694. The lowest BCUT2D eigenvalue weighted by molar-refractivity contribution is 0.0945. The van der Waals surface area contributed by atoms with Crippen LogP contribution in [0.15, 0.2) is 47.4 Å². The molecule has 0 spiro atoms. The van der Waals surface area contributed by atoms with E-state index in [1.165, 1.54) is 6.07 Å². The van der Waals surface area contributed by atoms with E-state index in [9.17, 15) is 9.59 Å². The van der Waals surface area contributed by atoms with Gasteiger partial charge in [-0.15, -0.1) is 5.10 Å². The second-order valence-corrected chi connectivity index (χ2v) is 6.34. The van der Waals surface area contributed by atoms with Crippen molar-refractivity contribution in [2.24, 2.45) is 0 Å². The van der Waals surface area contributed by atoms with Gasteiger partial charge in [0.2, 0.25) is 5.56 Å². The fourth-order valence-corrected chi connectivity index (χ4v) is 2.54. The molecule has 0 radical (unpaired) electrons. The third-order valence-electron chi connectivity index (χ3n) is 3.86. The molecule has 0 unspecified atom stereocenters. The van der Waals surface area contributed by atoms with Crippen molar-refractivity contribution in [3.63, 3.8) is 0 Å². The van der Waals surface area contributed by atoms with E-state index in [-0.39, 0.29) is 29.8 Å². The van der Waals surface area contributed by atoms with Gasteiger partial charge in [-0.25, -0.2) is 4.68 Å². The number of benzene rings is 1. The van der Waals surface area contributed by atoms with Gasteiger partial charge in [-0.3, -0.25) is 9.59 Å². The highest BCUT2D eigenvalue weighted by molar-refractivity contribution is 5.93. The normalized spacial score (nSPS) is 10.8. The molecule has 27 heavy (non-hydrogen) atoms. The van der Waals surface area contributed by atoms with Crippen molar-refractivity contribution in [3.8, 4) is 11.4 Å². The minimum absolute atomic E-state index is 0.0988. The van der Waals surface area contributed by atoms with E-state index in [1.54, 1.807) is 23.9 Å². The van der Waals surface area contributed by atoms with Crippen molar-refractivity contribution in [3.05, 3.63) is 69.9 Å². The van der Waals surface area contributed by atoms with Crippen LogP contribution in [0.5, 0.6) is 5.75 Å². The summed E-state index contributed by atoms with van der Waals surface area (Å²) in [7, 11) is 0. The molecule has 2 N–H and O–H groups in total. The molecule has 0 aliphatic carbocycles. The van der Waals surface area contributed by atoms with Crippen molar-refractivity contribution in [1.82, 2.24) is 25.3 Å². The fraction of sp³-hybridized carbons (Fsp3) is 0.263. The third-order valence-corrected chi connectivity index (χ3v) is 3.86. The van der Waals surface area contributed by atoms with E-state index in [4.69, 9.17) is 4.74 Å². The number of ether oxygens (including phenoxy) is 1. The van der Waals surface area contributed by atoms with E-state index < -0.39 is 0 Å². The Kier molecular flexibility index (Phi) is 5.35. The first-order valence-corrected chi connectivity index (χ1v) is 8.59. The van der Waals surface area contributed by atoms with Crippen LogP contribution in [0.3, 0.4) is 0 Å². The standard InChI is InChI=1S/C19H21N5O3/c1-12(2)27-16-7-5-15(6-8-16)24-13(3)18(22-23-24)19(26)21-11-14-4-9-17(25)20-10-14/h4-10,12H,11H2,1-3H3,(H,20,25)(H,21,26). The van der Waals surface area contributed by atoms with Gasteiger partial charge in [0, 0.05) is 18.8 Å². The lowest BCUT2D eigenvalue weighted by atomic mass is 10.2. The molecule has 3 aromatic rings. The molecule has 0 fully saturated rings. The number of nitrogens with zero attached hydrogens (tertiary/aromatic N) is 3. The first-order valence-electron chi connectivity index (χ1n) is 8.59. The van der Waals surface area contributed by atoms with Crippen molar-refractivity contribution in [2.75, 3.05) is 0 Å². The molecule has 0 aliphatic rings. The minimum Gasteiger partial charge on any atom is -0.491 e. The number of amides is 1. The zero-order valence-corrected chi connectivity index (χ0v) is 15.4. The fourth-order valence-electron chi connectivity index (χ4n) is 2.54. The van der Waals surface area contributed by atoms with Crippen LogP contribution in [0.25, 0.3) is 5.69 Å². The molecule has 3 rings (SSSR count). The number of rotatable bonds is 6. The maximum Gasteiger partial charge on any atom is 0.274 e. The van der Waals surface area contributed by atoms with Crippen LogP contribution in [0.2, 0.25) is 0 Å². The summed E-state index contributed by atoms with van der Waals surface area (Å²) < 4.78 is 7.23. The molecule has 0 saturated carbocycles. The third kappa shape index (κ3) is 4.41.